The Morgan fingerprint density at radius 3 is 2.72 bits per heavy atom. The first-order valence-corrected chi connectivity index (χ1v) is 8.05. The third kappa shape index (κ3) is 4.36. The molecule has 0 aliphatic carbocycles. The molecule has 0 spiro atoms. The standard InChI is InChI=1S/C19H19NO5/c21-17(22)12-25-15-8-4-7-14(11-15)19(23)20-16-9-10-24-18(16)13-5-2-1-3-6-13/h1-8,11,16,18H,9-10,12H2,(H,20,23)(H,21,22). The Kier molecular flexibility index (Phi) is 5.30. The van der Waals surface area contributed by atoms with Crippen molar-refractivity contribution in [3.8, 4) is 5.75 Å². The highest BCUT2D eigenvalue weighted by Crippen LogP contribution is 2.29. The lowest BCUT2D eigenvalue weighted by Crippen LogP contribution is -2.36. The second-order valence-electron chi connectivity index (χ2n) is 5.78. The van der Waals surface area contributed by atoms with Crippen LogP contribution in [0.15, 0.2) is 54.6 Å². The average molecular weight is 341 g/mol. The molecule has 1 aliphatic heterocycles. The predicted molar refractivity (Wildman–Crippen MR) is 90.6 cm³/mol. The normalized spacial score (nSPS) is 19.4. The summed E-state index contributed by atoms with van der Waals surface area (Å²) in [5.74, 6) is -0.960. The molecule has 0 bridgehead atoms. The number of carboxylic acids is 1. The van der Waals surface area contributed by atoms with Crippen molar-refractivity contribution in [2.45, 2.75) is 18.6 Å². The number of carbonyl (C=O) groups is 2. The van der Waals surface area contributed by atoms with Crippen LogP contribution in [0.1, 0.15) is 28.4 Å². The number of ether oxygens (including phenoxy) is 2. The molecule has 1 amide bonds. The van der Waals surface area contributed by atoms with Crippen LogP contribution in [0.3, 0.4) is 0 Å². The van der Waals surface area contributed by atoms with E-state index in [0.29, 0.717) is 17.9 Å². The van der Waals surface area contributed by atoms with Gasteiger partial charge in [0.1, 0.15) is 11.9 Å². The van der Waals surface area contributed by atoms with Crippen LogP contribution < -0.4 is 10.1 Å². The van der Waals surface area contributed by atoms with E-state index >= 15 is 0 Å². The predicted octanol–water partition coefficient (Wildman–Crippen LogP) is 2.41. The second-order valence-corrected chi connectivity index (χ2v) is 5.78. The summed E-state index contributed by atoms with van der Waals surface area (Å²) in [6.07, 6.45) is 0.567. The van der Waals surface area contributed by atoms with Gasteiger partial charge in [-0.05, 0) is 30.2 Å². The molecule has 6 heteroatoms. The van der Waals surface area contributed by atoms with Crippen molar-refractivity contribution in [1.29, 1.82) is 0 Å². The van der Waals surface area contributed by atoms with Gasteiger partial charge in [0.2, 0.25) is 0 Å². The van der Waals surface area contributed by atoms with Gasteiger partial charge in [-0.3, -0.25) is 4.79 Å². The lowest BCUT2D eigenvalue weighted by atomic mass is 10.0. The van der Waals surface area contributed by atoms with Gasteiger partial charge in [-0.15, -0.1) is 0 Å². The van der Waals surface area contributed by atoms with Gasteiger partial charge in [0.05, 0.1) is 6.04 Å². The van der Waals surface area contributed by atoms with Crippen molar-refractivity contribution < 1.29 is 24.2 Å². The van der Waals surface area contributed by atoms with Crippen molar-refractivity contribution >= 4 is 11.9 Å². The first kappa shape index (κ1) is 17.0. The molecule has 0 saturated carbocycles. The molecule has 2 N–H and O–H groups in total. The zero-order chi connectivity index (χ0) is 17.6. The van der Waals surface area contributed by atoms with Crippen molar-refractivity contribution in [2.75, 3.05) is 13.2 Å². The third-order valence-corrected chi connectivity index (χ3v) is 3.99. The molecule has 1 heterocycles. The van der Waals surface area contributed by atoms with E-state index in [1.54, 1.807) is 18.2 Å². The van der Waals surface area contributed by atoms with Crippen molar-refractivity contribution in [2.24, 2.45) is 0 Å². The van der Waals surface area contributed by atoms with Crippen LogP contribution in [-0.4, -0.2) is 36.2 Å². The van der Waals surface area contributed by atoms with E-state index in [9.17, 15) is 9.59 Å². The van der Waals surface area contributed by atoms with Crippen LogP contribution in [0, 0.1) is 0 Å². The first-order chi connectivity index (χ1) is 12.1. The van der Waals surface area contributed by atoms with Gasteiger partial charge in [-0.1, -0.05) is 36.4 Å². The molecule has 0 radical (unpaired) electrons. The van der Waals surface area contributed by atoms with E-state index in [1.165, 1.54) is 6.07 Å². The summed E-state index contributed by atoms with van der Waals surface area (Å²) in [6.45, 7) is 0.143. The highest BCUT2D eigenvalue weighted by atomic mass is 16.5. The number of nitrogens with one attached hydrogen (secondary N) is 1. The van der Waals surface area contributed by atoms with E-state index < -0.39 is 12.6 Å². The van der Waals surface area contributed by atoms with Gasteiger partial charge in [-0.2, -0.15) is 0 Å². The Hall–Kier alpha value is -2.86. The minimum Gasteiger partial charge on any atom is -0.482 e. The van der Waals surface area contributed by atoms with E-state index in [0.717, 1.165) is 12.0 Å². The summed E-state index contributed by atoms with van der Waals surface area (Å²) >= 11 is 0. The molecule has 6 nitrogen and oxygen atoms in total. The van der Waals surface area contributed by atoms with Gasteiger partial charge in [0.15, 0.2) is 6.61 Å². The summed E-state index contributed by atoms with van der Waals surface area (Å²) in [4.78, 5) is 23.1. The van der Waals surface area contributed by atoms with Crippen molar-refractivity contribution in [1.82, 2.24) is 5.32 Å². The molecule has 1 aliphatic rings. The van der Waals surface area contributed by atoms with Crippen LogP contribution in [-0.2, 0) is 9.53 Å². The largest absolute Gasteiger partial charge is 0.482 e. The first-order valence-electron chi connectivity index (χ1n) is 8.05. The van der Waals surface area contributed by atoms with Gasteiger partial charge in [0.25, 0.3) is 5.91 Å². The maximum absolute atomic E-state index is 12.5. The number of carboxylic acid groups (broad SMARTS) is 1. The molecular weight excluding hydrogens is 322 g/mol. The fraction of sp³-hybridized carbons (Fsp3) is 0.263. The maximum Gasteiger partial charge on any atom is 0.341 e. The fourth-order valence-corrected chi connectivity index (χ4v) is 2.83. The fourth-order valence-electron chi connectivity index (χ4n) is 2.83. The lowest BCUT2D eigenvalue weighted by molar-refractivity contribution is -0.139. The number of amides is 1. The van der Waals surface area contributed by atoms with Gasteiger partial charge in [-0.25, -0.2) is 4.79 Å². The number of hydrogen-bond donors (Lipinski definition) is 2. The number of rotatable bonds is 6. The molecule has 1 saturated heterocycles. The lowest BCUT2D eigenvalue weighted by Gasteiger charge is -2.20. The molecule has 2 aromatic rings. The third-order valence-electron chi connectivity index (χ3n) is 3.99. The molecule has 0 aromatic heterocycles. The zero-order valence-electron chi connectivity index (χ0n) is 13.6. The Morgan fingerprint density at radius 2 is 1.96 bits per heavy atom. The van der Waals surface area contributed by atoms with Crippen LogP contribution in [0.25, 0.3) is 0 Å². The molecule has 3 rings (SSSR count). The molecule has 130 valence electrons. The quantitative estimate of drug-likeness (QED) is 0.843. The van der Waals surface area contributed by atoms with Crippen molar-refractivity contribution in [3.05, 3.63) is 65.7 Å². The number of benzene rings is 2. The SMILES string of the molecule is O=C(O)COc1cccc(C(=O)NC2CCOC2c2ccccc2)c1. The zero-order valence-corrected chi connectivity index (χ0v) is 13.6. The minimum atomic E-state index is -1.07. The van der Waals surface area contributed by atoms with E-state index in [4.69, 9.17) is 14.6 Å². The number of aliphatic carboxylic acids is 1. The number of hydrogen-bond acceptors (Lipinski definition) is 4. The summed E-state index contributed by atoms with van der Waals surface area (Å²) in [5, 5.41) is 11.7. The summed E-state index contributed by atoms with van der Waals surface area (Å²) in [5.41, 5.74) is 1.45. The maximum atomic E-state index is 12.5. The molecule has 25 heavy (non-hydrogen) atoms. The summed E-state index contributed by atoms with van der Waals surface area (Å²) < 4.78 is 10.9. The van der Waals surface area contributed by atoms with Gasteiger partial charge < -0.3 is 19.9 Å². The molecule has 2 aromatic carbocycles. The summed E-state index contributed by atoms with van der Waals surface area (Å²) in [6, 6.07) is 16.1. The monoisotopic (exact) mass is 341 g/mol. The van der Waals surface area contributed by atoms with Crippen LogP contribution >= 0.6 is 0 Å². The topological polar surface area (TPSA) is 84.9 Å². The second kappa shape index (κ2) is 7.81. The molecule has 1 fully saturated rings. The smallest absolute Gasteiger partial charge is 0.341 e. The van der Waals surface area contributed by atoms with Gasteiger partial charge >= 0.3 is 5.97 Å². The van der Waals surface area contributed by atoms with Crippen LogP contribution in [0.5, 0.6) is 5.75 Å². The highest BCUT2D eigenvalue weighted by Gasteiger charge is 2.31. The van der Waals surface area contributed by atoms with E-state index in [-0.39, 0.29) is 18.1 Å². The van der Waals surface area contributed by atoms with Crippen molar-refractivity contribution in [3.63, 3.8) is 0 Å². The van der Waals surface area contributed by atoms with Gasteiger partial charge in [0, 0.05) is 12.2 Å². The van der Waals surface area contributed by atoms with E-state index in [2.05, 4.69) is 5.32 Å². The van der Waals surface area contributed by atoms with E-state index in [1.807, 2.05) is 30.3 Å². The average Bonchev–Trinajstić information content (AvgIpc) is 3.09. The van der Waals surface area contributed by atoms with Crippen LogP contribution in [0.4, 0.5) is 0 Å². The molecule has 2 atom stereocenters. The minimum absolute atomic E-state index is 0.113. The summed E-state index contributed by atoms with van der Waals surface area (Å²) in [7, 11) is 0. The van der Waals surface area contributed by atoms with Crippen LogP contribution in [0.2, 0.25) is 0 Å². The Balaban J connectivity index is 1.67. The number of carbonyl (C=O) groups excluding carboxylic acids is 1. The molecule has 2 unspecified atom stereocenters. The Labute approximate surface area is 145 Å². The molecular formula is C19H19NO5. The Morgan fingerprint density at radius 1 is 1.16 bits per heavy atom. The highest BCUT2D eigenvalue weighted by molar-refractivity contribution is 5.94. The Bertz CT molecular complexity index is 746.